The van der Waals surface area contributed by atoms with Crippen molar-refractivity contribution in [2.45, 2.75) is 26.0 Å². The maximum atomic E-state index is 14.5. The number of pyridine rings is 1. The summed E-state index contributed by atoms with van der Waals surface area (Å²) in [5, 5.41) is 4.40. The van der Waals surface area contributed by atoms with Crippen LogP contribution in [0.1, 0.15) is 18.5 Å². The molecule has 0 saturated carbocycles. The standard InChI is InChI=1S/C21H15F5N4O2/c22-12-6-1-4-10(17(12)32-21(25)26)13-11-5-2-7-27-19(11)28-15(13)14-16(18(23)24)29-30-8-3-9-31-20(14)30/h1-2,4-7,18,21H,3,8-9H2,(H,27,28). The Bertz CT molecular complexity index is 1300. The monoisotopic (exact) mass is 450 g/mol. The predicted molar refractivity (Wildman–Crippen MR) is 104 cm³/mol. The van der Waals surface area contributed by atoms with Gasteiger partial charge in [0.15, 0.2) is 11.6 Å². The topological polar surface area (TPSA) is 65.0 Å². The minimum Gasteiger partial charge on any atom is -0.477 e. The molecule has 1 aliphatic rings. The zero-order valence-corrected chi connectivity index (χ0v) is 16.3. The summed E-state index contributed by atoms with van der Waals surface area (Å²) in [6.45, 7) is -2.61. The van der Waals surface area contributed by atoms with Gasteiger partial charge in [-0.25, -0.2) is 22.8 Å². The maximum Gasteiger partial charge on any atom is 0.387 e. The van der Waals surface area contributed by atoms with Crippen LogP contribution < -0.4 is 9.47 Å². The number of alkyl halides is 4. The molecule has 0 saturated heterocycles. The summed E-state index contributed by atoms with van der Waals surface area (Å²) in [6, 6.07) is 6.88. The van der Waals surface area contributed by atoms with Crippen molar-refractivity contribution in [1.82, 2.24) is 19.7 Å². The fourth-order valence-electron chi connectivity index (χ4n) is 3.94. The first kappa shape index (κ1) is 20.3. The number of H-pyrrole nitrogens is 1. The molecule has 4 heterocycles. The molecular weight excluding hydrogens is 435 g/mol. The molecule has 0 bridgehead atoms. The predicted octanol–water partition coefficient (Wildman–Crippen LogP) is 5.55. The number of halogens is 5. The van der Waals surface area contributed by atoms with Gasteiger partial charge in [0.1, 0.15) is 11.3 Å². The smallest absolute Gasteiger partial charge is 0.387 e. The van der Waals surface area contributed by atoms with Crippen LogP contribution in [0.15, 0.2) is 36.5 Å². The molecule has 5 rings (SSSR count). The Morgan fingerprint density at radius 1 is 1.09 bits per heavy atom. The quantitative estimate of drug-likeness (QED) is 0.405. The van der Waals surface area contributed by atoms with E-state index in [4.69, 9.17) is 4.74 Å². The summed E-state index contributed by atoms with van der Waals surface area (Å²) in [5.74, 6) is -1.60. The SMILES string of the molecule is Fc1cccc(-c2c(-c3c(C(F)F)nn4c3OCCC4)[nH]c3ncccc23)c1OC(F)F. The number of aromatic amines is 1. The second-order valence-corrected chi connectivity index (χ2v) is 7.06. The van der Waals surface area contributed by atoms with E-state index in [1.165, 1.54) is 23.0 Å². The van der Waals surface area contributed by atoms with Crippen LogP contribution in [-0.4, -0.2) is 33.0 Å². The minimum atomic E-state index is -3.29. The van der Waals surface area contributed by atoms with Gasteiger partial charge in [-0.1, -0.05) is 12.1 Å². The van der Waals surface area contributed by atoms with Gasteiger partial charge in [0.2, 0.25) is 5.88 Å². The lowest BCUT2D eigenvalue weighted by molar-refractivity contribution is -0.0517. The third kappa shape index (κ3) is 3.24. The second kappa shape index (κ2) is 7.81. The molecule has 0 fully saturated rings. The maximum absolute atomic E-state index is 14.5. The van der Waals surface area contributed by atoms with Gasteiger partial charge in [-0.2, -0.15) is 13.9 Å². The first-order valence-electron chi connectivity index (χ1n) is 9.68. The number of hydrogen-bond acceptors (Lipinski definition) is 4. The van der Waals surface area contributed by atoms with Crippen LogP contribution in [0.5, 0.6) is 11.6 Å². The van der Waals surface area contributed by atoms with Crippen molar-refractivity contribution >= 4 is 11.0 Å². The van der Waals surface area contributed by atoms with E-state index in [1.54, 1.807) is 12.1 Å². The molecule has 166 valence electrons. The summed E-state index contributed by atoms with van der Waals surface area (Å²) in [5.41, 5.74) is -0.0457. The van der Waals surface area contributed by atoms with E-state index in [2.05, 4.69) is 19.8 Å². The van der Waals surface area contributed by atoms with Crippen LogP contribution in [0, 0.1) is 5.82 Å². The number of fused-ring (bicyclic) bond motifs is 2. The molecule has 0 unspecified atom stereocenters. The zero-order chi connectivity index (χ0) is 22.4. The van der Waals surface area contributed by atoms with Crippen molar-refractivity contribution < 1.29 is 31.4 Å². The lowest BCUT2D eigenvalue weighted by atomic mass is 9.97. The summed E-state index contributed by atoms with van der Waals surface area (Å²) >= 11 is 0. The lowest BCUT2D eigenvalue weighted by Gasteiger charge is -2.17. The van der Waals surface area contributed by atoms with Gasteiger partial charge in [-0.05, 0) is 18.2 Å². The fraction of sp³-hybridized carbons (Fsp3) is 0.238. The number of hydrogen-bond donors (Lipinski definition) is 1. The van der Waals surface area contributed by atoms with Crippen molar-refractivity contribution in [3.8, 4) is 34.0 Å². The highest BCUT2D eigenvalue weighted by molar-refractivity contribution is 6.04. The number of ether oxygens (including phenoxy) is 2. The molecule has 0 radical (unpaired) electrons. The Hall–Kier alpha value is -3.63. The largest absolute Gasteiger partial charge is 0.477 e. The second-order valence-electron chi connectivity index (χ2n) is 7.06. The third-order valence-corrected chi connectivity index (χ3v) is 5.16. The molecule has 0 spiro atoms. The minimum absolute atomic E-state index is 0.0278. The van der Waals surface area contributed by atoms with E-state index >= 15 is 0 Å². The van der Waals surface area contributed by atoms with E-state index in [-0.39, 0.29) is 28.3 Å². The van der Waals surface area contributed by atoms with E-state index in [1.807, 2.05) is 0 Å². The molecule has 11 heteroatoms. The molecule has 4 aromatic rings. The molecule has 32 heavy (non-hydrogen) atoms. The van der Waals surface area contributed by atoms with Gasteiger partial charge in [0, 0.05) is 35.7 Å². The number of aryl methyl sites for hydroxylation is 1. The van der Waals surface area contributed by atoms with Gasteiger partial charge >= 0.3 is 6.61 Å². The zero-order valence-electron chi connectivity index (χ0n) is 16.3. The van der Waals surface area contributed by atoms with Gasteiger partial charge < -0.3 is 14.5 Å². The van der Waals surface area contributed by atoms with Gasteiger partial charge in [-0.3, -0.25) is 0 Å². The average Bonchev–Trinajstić information content (AvgIpc) is 3.33. The van der Waals surface area contributed by atoms with E-state index in [9.17, 15) is 22.0 Å². The molecule has 6 nitrogen and oxygen atoms in total. The van der Waals surface area contributed by atoms with Crippen molar-refractivity contribution in [2.75, 3.05) is 6.61 Å². The molecule has 1 aromatic carbocycles. The van der Waals surface area contributed by atoms with Crippen molar-refractivity contribution in [3.05, 3.63) is 48.0 Å². The normalized spacial score (nSPS) is 13.6. The molecule has 1 aliphatic heterocycles. The van der Waals surface area contributed by atoms with Crippen molar-refractivity contribution in [2.24, 2.45) is 0 Å². The van der Waals surface area contributed by atoms with Crippen LogP contribution in [0.25, 0.3) is 33.4 Å². The van der Waals surface area contributed by atoms with Gasteiger partial charge in [0.25, 0.3) is 6.43 Å². The van der Waals surface area contributed by atoms with Crippen molar-refractivity contribution in [3.63, 3.8) is 0 Å². The summed E-state index contributed by atoms with van der Waals surface area (Å²) in [4.78, 5) is 7.17. The number of para-hydroxylation sites is 1. The summed E-state index contributed by atoms with van der Waals surface area (Å²) in [7, 11) is 0. The fourth-order valence-corrected chi connectivity index (χ4v) is 3.94. The molecule has 0 amide bonds. The molecular formula is C21H15F5N4O2. The first-order valence-corrected chi connectivity index (χ1v) is 9.68. The van der Waals surface area contributed by atoms with E-state index in [0.29, 0.717) is 30.6 Å². The van der Waals surface area contributed by atoms with Gasteiger partial charge in [0.05, 0.1) is 17.9 Å². The van der Waals surface area contributed by atoms with Crippen LogP contribution in [0.4, 0.5) is 22.0 Å². The Morgan fingerprint density at radius 2 is 1.94 bits per heavy atom. The summed E-state index contributed by atoms with van der Waals surface area (Å²) < 4.78 is 80.0. The van der Waals surface area contributed by atoms with E-state index in [0.717, 1.165) is 6.07 Å². The Labute approximate surface area is 177 Å². The third-order valence-electron chi connectivity index (χ3n) is 5.16. The molecule has 1 N–H and O–H groups in total. The number of benzene rings is 1. The highest BCUT2D eigenvalue weighted by atomic mass is 19.3. The van der Waals surface area contributed by atoms with Crippen LogP contribution >= 0.6 is 0 Å². The molecule has 0 aliphatic carbocycles. The Balaban J connectivity index is 1.86. The number of aromatic nitrogens is 4. The highest BCUT2D eigenvalue weighted by Gasteiger charge is 2.32. The Kier molecular flexibility index (Phi) is 4.95. The van der Waals surface area contributed by atoms with Crippen molar-refractivity contribution in [1.29, 1.82) is 0 Å². The molecule has 0 atom stereocenters. The first-order chi connectivity index (χ1) is 15.5. The highest BCUT2D eigenvalue weighted by Crippen LogP contribution is 2.48. The van der Waals surface area contributed by atoms with Crippen LogP contribution in [0.3, 0.4) is 0 Å². The average molecular weight is 450 g/mol. The lowest BCUT2D eigenvalue weighted by Crippen LogP contribution is -2.15. The van der Waals surface area contributed by atoms with Crippen LogP contribution in [-0.2, 0) is 6.54 Å². The number of rotatable bonds is 5. The molecule has 3 aromatic heterocycles. The number of nitrogens with zero attached hydrogens (tertiary/aromatic N) is 3. The van der Waals surface area contributed by atoms with Crippen LogP contribution in [0.2, 0.25) is 0 Å². The number of nitrogens with one attached hydrogen (secondary N) is 1. The van der Waals surface area contributed by atoms with Gasteiger partial charge in [-0.15, -0.1) is 0 Å². The summed E-state index contributed by atoms with van der Waals surface area (Å²) in [6.07, 6.45) is -0.871. The van der Waals surface area contributed by atoms with E-state index < -0.39 is 30.3 Å². The Morgan fingerprint density at radius 3 is 2.72 bits per heavy atom.